The number of nitrogens with zero attached hydrogens (tertiary/aromatic N) is 2. The van der Waals surface area contributed by atoms with Gasteiger partial charge in [0.15, 0.2) is 0 Å². The molecule has 1 unspecified atom stereocenters. The Labute approximate surface area is 196 Å². The maximum absolute atomic E-state index is 12.6. The molecule has 3 aromatic carbocycles. The molecule has 32 heavy (non-hydrogen) atoms. The number of carbonyl (C=O) groups is 1. The third kappa shape index (κ3) is 3.55. The Morgan fingerprint density at radius 3 is 2.19 bits per heavy atom. The normalized spacial score (nSPS) is 13.6. The molecule has 4 rings (SSSR count). The van der Waals surface area contributed by atoms with E-state index in [2.05, 4.69) is 66.9 Å². The van der Waals surface area contributed by atoms with E-state index in [-0.39, 0.29) is 5.11 Å². The largest absolute Gasteiger partial charge is 0.465 e. The Morgan fingerprint density at radius 1 is 0.969 bits per heavy atom. The van der Waals surface area contributed by atoms with Crippen LogP contribution in [0.1, 0.15) is 22.8 Å². The Morgan fingerprint density at radius 2 is 1.59 bits per heavy atom. The zero-order valence-corrected chi connectivity index (χ0v) is 19.8. The lowest BCUT2D eigenvalue weighted by Crippen LogP contribution is -2.46. The zero-order valence-electron chi connectivity index (χ0n) is 19.0. The van der Waals surface area contributed by atoms with Gasteiger partial charge in [-0.2, -0.15) is 5.10 Å². The van der Waals surface area contributed by atoms with E-state index >= 15 is 0 Å². The van der Waals surface area contributed by atoms with E-state index in [9.17, 15) is 4.79 Å². The van der Waals surface area contributed by atoms with E-state index < -0.39 is 11.5 Å². The van der Waals surface area contributed by atoms with Gasteiger partial charge in [0, 0.05) is 5.39 Å². The van der Waals surface area contributed by atoms with E-state index in [0.29, 0.717) is 16.1 Å². The highest BCUT2D eigenvalue weighted by Gasteiger charge is 2.42. The van der Waals surface area contributed by atoms with Crippen LogP contribution in [0.25, 0.3) is 22.0 Å². The van der Waals surface area contributed by atoms with E-state index in [0.717, 1.165) is 16.5 Å². The van der Waals surface area contributed by atoms with Crippen LogP contribution in [0.4, 0.5) is 0 Å². The molecule has 0 aliphatic carbocycles. The highest BCUT2D eigenvalue weighted by Crippen LogP contribution is 2.44. The first-order chi connectivity index (χ1) is 15.2. The molecule has 8 heteroatoms. The summed E-state index contributed by atoms with van der Waals surface area (Å²) in [5.74, 6) is -0.413. The number of halogens is 1. The maximum Gasteiger partial charge on any atom is 0.340 e. The first-order valence-electron chi connectivity index (χ1n) is 10.6. The molecule has 1 aromatic heterocycles. The molecule has 0 saturated carbocycles. The lowest BCUT2D eigenvalue weighted by molar-refractivity contribution is 0.0602. The molecule has 0 aliphatic heterocycles. The average molecular weight is 440 g/mol. The first kappa shape index (κ1) is 22.3. The predicted octanol–water partition coefficient (Wildman–Crippen LogP) is 2.88. The summed E-state index contributed by atoms with van der Waals surface area (Å²) < 4.78 is 6.98. The van der Waals surface area contributed by atoms with Gasteiger partial charge in [0.1, 0.15) is 0 Å². The van der Waals surface area contributed by atoms with Gasteiger partial charge in [-0.3, -0.25) is 4.68 Å². The number of hydrogen-bond donors (Lipinski definition) is 0. The maximum atomic E-state index is 12.6. The molecule has 4 nitrogen and oxygen atoms in total. The number of aromatic nitrogens is 2. The van der Waals surface area contributed by atoms with Crippen LogP contribution in [0.5, 0.6) is 0 Å². The van der Waals surface area contributed by atoms with Crippen LogP contribution in [-0.2, 0) is 10.3 Å². The van der Waals surface area contributed by atoms with Gasteiger partial charge in [0.2, 0.25) is 0 Å². The van der Waals surface area contributed by atoms with E-state index in [1.54, 1.807) is 18.3 Å². The molecule has 158 valence electrons. The molecule has 0 saturated heterocycles. The fourth-order valence-electron chi connectivity index (χ4n) is 4.21. The second-order valence-electron chi connectivity index (χ2n) is 9.17. The Balaban J connectivity index is 1.95. The van der Waals surface area contributed by atoms with Gasteiger partial charge in [-0.05, 0) is 35.7 Å². The summed E-state index contributed by atoms with van der Waals surface area (Å²) in [5, 5.41) is 5.79. The minimum absolute atomic E-state index is 0.240. The van der Waals surface area contributed by atoms with Crippen molar-refractivity contribution in [3.8, 4) is 11.1 Å². The van der Waals surface area contributed by atoms with Crippen molar-refractivity contribution in [2.24, 2.45) is 0 Å². The molecule has 0 amide bonds. The van der Waals surface area contributed by atoms with E-state index in [1.807, 2.05) is 22.9 Å². The van der Waals surface area contributed by atoms with Crippen LogP contribution < -0.4 is 0 Å². The second kappa shape index (κ2) is 8.21. The van der Waals surface area contributed by atoms with Crippen LogP contribution in [0.15, 0.2) is 72.9 Å². The number of hydrogen-bond acceptors (Lipinski definition) is 3. The third-order valence-electron chi connectivity index (χ3n) is 6.52. The van der Waals surface area contributed by atoms with Crippen molar-refractivity contribution in [1.29, 1.82) is 0 Å². The van der Waals surface area contributed by atoms with E-state index in [4.69, 9.17) is 21.4 Å². The molecule has 0 bridgehead atoms. The van der Waals surface area contributed by atoms with Crippen LogP contribution in [0.2, 0.25) is 10.1 Å². The summed E-state index contributed by atoms with van der Waals surface area (Å²) in [7, 11) is 7.91. The highest BCUT2D eigenvalue weighted by molar-refractivity contribution is 6.60. The number of rotatable bonds is 5. The molecule has 1 atom stereocenters. The summed E-state index contributed by atoms with van der Waals surface area (Å²) in [6, 6.07) is 22.3. The van der Waals surface area contributed by atoms with Crippen LogP contribution in [0, 0.1) is 0 Å². The van der Waals surface area contributed by atoms with Gasteiger partial charge in [-0.25, -0.2) is 4.79 Å². The number of methoxy groups -OCH3 is 1. The molecular weight excluding hydrogens is 416 g/mol. The van der Waals surface area contributed by atoms with Gasteiger partial charge in [-0.1, -0.05) is 71.3 Å². The van der Waals surface area contributed by atoms with Crippen molar-refractivity contribution in [3.05, 3.63) is 89.1 Å². The summed E-state index contributed by atoms with van der Waals surface area (Å²) in [6.07, 6.45) is 1.73. The van der Waals surface area contributed by atoms with Gasteiger partial charge in [-0.15, -0.1) is 0 Å². The topological polar surface area (TPSA) is 44.1 Å². The van der Waals surface area contributed by atoms with Crippen LogP contribution in [-0.4, -0.2) is 46.4 Å². The van der Waals surface area contributed by atoms with Crippen LogP contribution in [0.3, 0.4) is 0 Å². The Hall–Kier alpha value is -2.92. The molecule has 1 heterocycles. The summed E-state index contributed by atoms with van der Waals surface area (Å²) >= 11 is 6.48. The fraction of sp³-hybridized carbons (Fsp3) is 0.167. The summed E-state index contributed by atoms with van der Waals surface area (Å²) in [5.41, 5.74) is 3.95. The Bertz CT molecular complexity index is 1280. The number of esters is 1. The molecule has 0 N–H and O–H groups in total. The van der Waals surface area contributed by atoms with Crippen LogP contribution >= 0.6 is 11.6 Å². The van der Waals surface area contributed by atoms with Gasteiger partial charge in [0.05, 0.1) is 58.5 Å². The second-order valence-corrected chi connectivity index (χ2v) is 9.58. The standard InChI is InChI=1S/C24H24B3ClN2O2/c1-23(24(25,26)27,17-10-8-16(9-11-17)15-6-4-3-5-7-15)30-21-18(22(31)32-2)12-13-20(28)19(21)14-29-30/h3-14H,25-27H2,1-2H3. The quantitative estimate of drug-likeness (QED) is 0.354. The van der Waals surface area contributed by atoms with Crippen molar-refractivity contribution in [3.63, 3.8) is 0 Å². The molecule has 0 radical (unpaired) electrons. The monoisotopic (exact) mass is 440 g/mol. The fourth-order valence-corrected chi connectivity index (χ4v) is 4.41. The highest BCUT2D eigenvalue weighted by atomic mass is 35.5. The average Bonchev–Trinajstić information content (AvgIpc) is 3.25. The molecule has 0 spiro atoms. The molecule has 0 aliphatic rings. The number of carbonyl (C=O) groups excluding carboxylic acids is 1. The predicted molar refractivity (Wildman–Crippen MR) is 139 cm³/mol. The van der Waals surface area contributed by atoms with E-state index in [1.165, 1.54) is 12.7 Å². The molecular formula is C24H24B3ClN2O2. The summed E-state index contributed by atoms with van der Waals surface area (Å²) in [6.45, 7) is 2.15. The zero-order chi connectivity index (χ0) is 23.1. The number of fused-ring (bicyclic) bond motifs is 1. The van der Waals surface area contributed by atoms with Crippen molar-refractivity contribution < 1.29 is 9.53 Å². The van der Waals surface area contributed by atoms with Crippen molar-refractivity contribution in [1.82, 2.24) is 9.78 Å². The van der Waals surface area contributed by atoms with Gasteiger partial charge in [0.25, 0.3) is 0 Å². The lowest BCUT2D eigenvalue weighted by atomic mass is 9.34. The molecule has 4 aromatic rings. The smallest absolute Gasteiger partial charge is 0.340 e. The van der Waals surface area contributed by atoms with Gasteiger partial charge >= 0.3 is 5.97 Å². The van der Waals surface area contributed by atoms with Crippen molar-refractivity contribution in [2.45, 2.75) is 17.6 Å². The lowest BCUT2D eigenvalue weighted by Gasteiger charge is -2.44. The Kier molecular flexibility index (Phi) is 5.72. The first-order valence-corrected chi connectivity index (χ1v) is 11.0. The third-order valence-corrected chi connectivity index (χ3v) is 6.85. The summed E-state index contributed by atoms with van der Waals surface area (Å²) in [4.78, 5) is 12.6. The minimum Gasteiger partial charge on any atom is -0.465 e. The van der Waals surface area contributed by atoms with Crippen molar-refractivity contribution in [2.75, 3.05) is 7.11 Å². The van der Waals surface area contributed by atoms with Gasteiger partial charge < -0.3 is 4.74 Å². The number of ether oxygens (including phenoxy) is 1. The minimum atomic E-state index is -0.572. The van der Waals surface area contributed by atoms with Crippen molar-refractivity contribution >= 4 is 52.0 Å². The molecule has 0 fully saturated rings. The number of benzene rings is 3. The SMILES string of the molecule is BC(B)(B)C(C)(c1ccc(-c2ccccc2)cc1)n1ncc2c(Cl)ccc(C(=O)OC)c21.